The van der Waals surface area contributed by atoms with Crippen molar-refractivity contribution in [2.75, 3.05) is 0 Å². The van der Waals surface area contributed by atoms with Crippen molar-refractivity contribution in [3.05, 3.63) is 60.2 Å². The molecule has 2 aromatic rings. The smallest absolute Gasteiger partial charge is 0.121 e. The highest BCUT2D eigenvalue weighted by Crippen LogP contribution is 2.23. The number of hydrogen-bond donors (Lipinski definition) is 1. The first kappa shape index (κ1) is 11.0. The van der Waals surface area contributed by atoms with Gasteiger partial charge in [-0.3, -0.25) is 0 Å². The molecule has 0 fully saturated rings. The van der Waals surface area contributed by atoms with Crippen LogP contribution in [0.2, 0.25) is 0 Å². The van der Waals surface area contributed by atoms with Gasteiger partial charge in [0.1, 0.15) is 5.75 Å². The third-order valence-electron chi connectivity index (χ3n) is 2.10. The fourth-order valence-electron chi connectivity index (χ4n) is 1.27. The van der Waals surface area contributed by atoms with E-state index in [1.54, 1.807) is 12.1 Å². The van der Waals surface area contributed by atoms with Crippen molar-refractivity contribution >= 4 is 12.0 Å². The average Bonchev–Trinajstić information content (AvgIpc) is 2.33. The van der Waals surface area contributed by atoms with E-state index >= 15 is 0 Å². The highest BCUT2D eigenvalue weighted by Gasteiger charge is 2.00. The van der Waals surface area contributed by atoms with Crippen LogP contribution in [-0.2, 0) is 10.8 Å². The Hall–Kier alpha value is -1.45. The Morgan fingerprint density at radius 3 is 2.38 bits per heavy atom. The zero-order valence-electron chi connectivity index (χ0n) is 8.67. The molecule has 0 heterocycles. The van der Waals surface area contributed by atoms with Crippen molar-refractivity contribution in [1.29, 1.82) is 0 Å². The molecule has 0 radical (unpaired) electrons. The summed E-state index contributed by atoms with van der Waals surface area (Å²) >= 11 is 1.31. The van der Waals surface area contributed by atoms with Crippen molar-refractivity contribution in [2.24, 2.45) is 0 Å². The lowest BCUT2D eigenvalue weighted by Crippen LogP contribution is -1.86. The van der Waals surface area contributed by atoms with Gasteiger partial charge in [-0.2, -0.15) is 0 Å². The molecule has 0 unspecified atom stereocenters. The Morgan fingerprint density at radius 2 is 1.62 bits per heavy atom. The number of phenolic OH excluding ortho intramolecular Hbond substituents is 1. The van der Waals surface area contributed by atoms with Crippen LogP contribution in [0.25, 0.3) is 0 Å². The maximum absolute atomic E-state index is 9.52. The summed E-state index contributed by atoms with van der Waals surface area (Å²) in [6.45, 7) is 0.395. The molecule has 0 spiro atoms. The number of rotatable bonds is 4. The van der Waals surface area contributed by atoms with E-state index in [4.69, 9.17) is 4.18 Å². The van der Waals surface area contributed by atoms with Crippen LogP contribution in [-0.4, -0.2) is 5.11 Å². The number of benzene rings is 2. The lowest BCUT2D eigenvalue weighted by atomic mass is 10.2. The van der Waals surface area contributed by atoms with E-state index in [2.05, 4.69) is 0 Å². The molecule has 0 aromatic heterocycles. The number of para-hydroxylation sites is 1. The Bertz CT molecular complexity index is 443. The molecule has 2 nitrogen and oxygen atoms in total. The summed E-state index contributed by atoms with van der Waals surface area (Å²) in [4.78, 5) is 1.05. The van der Waals surface area contributed by atoms with Crippen molar-refractivity contribution in [3.63, 3.8) is 0 Å². The lowest BCUT2D eigenvalue weighted by Gasteiger charge is -2.04. The first-order valence-corrected chi connectivity index (χ1v) is 5.72. The molecule has 82 valence electrons. The van der Waals surface area contributed by atoms with Gasteiger partial charge in [0.2, 0.25) is 0 Å². The summed E-state index contributed by atoms with van der Waals surface area (Å²) in [5.41, 5.74) is 0.797. The number of phenols is 1. The Balaban J connectivity index is 1.87. The summed E-state index contributed by atoms with van der Waals surface area (Å²) < 4.78 is 5.44. The zero-order chi connectivity index (χ0) is 11.2. The third-order valence-corrected chi connectivity index (χ3v) is 2.80. The van der Waals surface area contributed by atoms with Crippen LogP contribution in [0.4, 0.5) is 0 Å². The van der Waals surface area contributed by atoms with Gasteiger partial charge >= 0.3 is 0 Å². The largest absolute Gasteiger partial charge is 0.508 e. The van der Waals surface area contributed by atoms with Crippen molar-refractivity contribution in [2.45, 2.75) is 11.5 Å². The highest BCUT2D eigenvalue weighted by atomic mass is 32.2. The predicted octanol–water partition coefficient (Wildman–Crippen LogP) is 3.62. The van der Waals surface area contributed by atoms with Gasteiger partial charge < -0.3 is 9.29 Å². The minimum atomic E-state index is 0.274. The van der Waals surface area contributed by atoms with Crippen LogP contribution in [0, 0.1) is 0 Å². The van der Waals surface area contributed by atoms with Gasteiger partial charge in [0.15, 0.2) is 0 Å². The highest BCUT2D eigenvalue weighted by molar-refractivity contribution is 7.94. The number of aromatic hydroxyl groups is 1. The second kappa shape index (κ2) is 5.58. The zero-order valence-corrected chi connectivity index (χ0v) is 9.48. The van der Waals surface area contributed by atoms with E-state index in [1.165, 1.54) is 12.0 Å². The van der Waals surface area contributed by atoms with E-state index in [0.29, 0.717) is 6.61 Å². The molecule has 16 heavy (non-hydrogen) atoms. The molecule has 1 N–H and O–H groups in total. The third kappa shape index (κ3) is 3.02. The Morgan fingerprint density at radius 1 is 0.938 bits per heavy atom. The topological polar surface area (TPSA) is 29.5 Å². The van der Waals surface area contributed by atoms with Crippen LogP contribution in [0.1, 0.15) is 5.56 Å². The van der Waals surface area contributed by atoms with Gasteiger partial charge in [-0.15, -0.1) is 0 Å². The predicted molar refractivity (Wildman–Crippen MR) is 65.2 cm³/mol. The summed E-state index contributed by atoms with van der Waals surface area (Å²) in [6.07, 6.45) is 0. The molecule has 0 aliphatic carbocycles. The first-order valence-electron chi connectivity index (χ1n) is 4.97. The van der Waals surface area contributed by atoms with Crippen molar-refractivity contribution in [3.8, 4) is 5.75 Å². The van der Waals surface area contributed by atoms with Crippen molar-refractivity contribution in [1.82, 2.24) is 0 Å². The quantitative estimate of drug-likeness (QED) is 0.816. The molecular formula is C13H12O2S. The van der Waals surface area contributed by atoms with Gasteiger partial charge in [-0.25, -0.2) is 0 Å². The molecule has 0 bridgehead atoms. The minimum absolute atomic E-state index is 0.274. The van der Waals surface area contributed by atoms with Crippen LogP contribution >= 0.6 is 12.0 Å². The molecule has 2 rings (SSSR count). The summed E-state index contributed by atoms with van der Waals surface area (Å²) in [5, 5.41) is 9.52. The van der Waals surface area contributed by atoms with Crippen molar-refractivity contribution < 1.29 is 9.29 Å². The standard InChI is InChI=1S/C13H12O2S/c14-13-9-5-4-6-11(13)10-15-16-12-7-2-1-3-8-12/h1-9,14H,10H2. The summed E-state index contributed by atoms with van der Waals surface area (Å²) in [6, 6.07) is 17.0. The van der Waals surface area contributed by atoms with Crippen LogP contribution < -0.4 is 0 Å². The second-order valence-corrected chi connectivity index (χ2v) is 4.16. The molecule has 0 aliphatic heterocycles. The van der Waals surface area contributed by atoms with Gasteiger partial charge in [-0.1, -0.05) is 36.4 Å². The SMILES string of the molecule is Oc1ccccc1COSc1ccccc1. The fourth-order valence-corrected chi connectivity index (χ4v) is 1.86. The Kier molecular flexibility index (Phi) is 3.86. The molecule has 3 heteroatoms. The van der Waals surface area contributed by atoms with E-state index in [9.17, 15) is 5.11 Å². The molecule has 0 aliphatic rings. The monoisotopic (exact) mass is 232 g/mol. The van der Waals surface area contributed by atoms with Gasteiger partial charge in [0.05, 0.1) is 6.61 Å². The van der Waals surface area contributed by atoms with E-state index < -0.39 is 0 Å². The summed E-state index contributed by atoms with van der Waals surface area (Å²) in [7, 11) is 0. The lowest BCUT2D eigenvalue weighted by molar-refractivity contribution is 0.351. The maximum atomic E-state index is 9.52. The molecule has 0 amide bonds. The number of hydrogen-bond acceptors (Lipinski definition) is 3. The summed E-state index contributed by atoms with van der Waals surface area (Å²) in [5.74, 6) is 0.274. The van der Waals surface area contributed by atoms with Crippen LogP contribution in [0.5, 0.6) is 5.75 Å². The van der Waals surface area contributed by atoms with Gasteiger partial charge in [0, 0.05) is 22.5 Å². The molecular weight excluding hydrogens is 220 g/mol. The van der Waals surface area contributed by atoms with Gasteiger partial charge in [0.25, 0.3) is 0 Å². The van der Waals surface area contributed by atoms with E-state index in [1.807, 2.05) is 42.5 Å². The second-order valence-electron chi connectivity index (χ2n) is 3.29. The normalized spacial score (nSPS) is 10.2. The fraction of sp³-hybridized carbons (Fsp3) is 0.0769. The molecule has 0 saturated heterocycles. The van der Waals surface area contributed by atoms with Crippen LogP contribution in [0.15, 0.2) is 59.5 Å². The average molecular weight is 232 g/mol. The van der Waals surface area contributed by atoms with E-state index in [-0.39, 0.29) is 5.75 Å². The minimum Gasteiger partial charge on any atom is -0.508 e. The molecule has 2 aromatic carbocycles. The van der Waals surface area contributed by atoms with E-state index in [0.717, 1.165) is 10.5 Å². The molecule has 0 atom stereocenters. The maximum Gasteiger partial charge on any atom is 0.121 e. The first-order chi connectivity index (χ1) is 7.86. The molecule has 0 saturated carbocycles. The van der Waals surface area contributed by atoms with Gasteiger partial charge in [-0.05, 0) is 18.2 Å². The van der Waals surface area contributed by atoms with Crippen LogP contribution in [0.3, 0.4) is 0 Å². The Labute approximate surface area is 99.1 Å².